The highest BCUT2D eigenvalue weighted by Crippen LogP contribution is 2.35. The second-order valence-electron chi connectivity index (χ2n) is 9.39. The second-order valence-corrected chi connectivity index (χ2v) is 9.39. The Labute approximate surface area is 186 Å². The topological polar surface area (TPSA) is 75.4 Å². The van der Waals surface area contributed by atoms with E-state index in [-0.39, 0.29) is 17.6 Å². The van der Waals surface area contributed by atoms with Crippen LogP contribution in [-0.4, -0.2) is 52.1 Å². The molecule has 5 rings (SSSR count). The van der Waals surface area contributed by atoms with Crippen molar-refractivity contribution in [3.05, 3.63) is 36.4 Å². The second kappa shape index (κ2) is 8.48. The largest absolute Gasteiger partial charge is 0.355 e. The zero-order chi connectivity index (χ0) is 22.2. The molecule has 2 aliphatic heterocycles. The predicted molar refractivity (Wildman–Crippen MR) is 119 cm³/mol. The number of aromatic nitrogens is 3. The number of likely N-dealkylation sites (tertiary alicyclic amines) is 1. The van der Waals surface area contributed by atoms with E-state index in [2.05, 4.69) is 38.8 Å². The normalized spacial score (nSPS) is 24.2. The molecule has 3 unspecified atom stereocenters. The molecule has 0 aliphatic carbocycles. The minimum Gasteiger partial charge on any atom is -0.355 e. The smallest absolute Gasteiger partial charge is 0.263 e. The molecule has 4 heterocycles. The number of hydrogen-bond acceptors (Lipinski definition) is 6. The van der Waals surface area contributed by atoms with E-state index >= 15 is 0 Å². The summed E-state index contributed by atoms with van der Waals surface area (Å²) < 4.78 is 18.9. The number of fused-ring (bicyclic) bond motifs is 1. The number of hydrogen-bond donors (Lipinski definition) is 0. The molecule has 0 radical (unpaired) electrons. The van der Waals surface area contributed by atoms with Crippen LogP contribution in [0.25, 0.3) is 22.4 Å². The fourth-order valence-electron chi connectivity index (χ4n) is 5.29. The number of piperidine rings is 2. The minimum atomic E-state index is -0.309. The first-order chi connectivity index (χ1) is 15.5. The van der Waals surface area contributed by atoms with Gasteiger partial charge in [-0.1, -0.05) is 19.0 Å². The first-order valence-corrected chi connectivity index (χ1v) is 11.4. The number of amides is 1. The van der Waals surface area contributed by atoms with E-state index in [4.69, 9.17) is 4.52 Å². The fraction of sp³-hybridized carbons (Fsp3) is 0.500. The lowest BCUT2D eigenvalue weighted by Gasteiger charge is -2.40. The molecule has 168 valence electrons. The molecule has 2 aromatic heterocycles. The van der Waals surface area contributed by atoms with E-state index in [1.165, 1.54) is 24.9 Å². The standard InChI is InChI=1S/C24H28FN5O2/c1-15-10-16(2)12-30(11-15)24(31)18-4-3-9-29(13-18)22-20-21(17-5-7-19(25)8-6-17)28-32-23(20)27-14-26-22/h5-8,14-16,18H,3-4,9-13H2,1-2H3. The molecule has 0 saturated carbocycles. The van der Waals surface area contributed by atoms with Gasteiger partial charge in [0.05, 0.1) is 5.92 Å². The van der Waals surface area contributed by atoms with Gasteiger partial charge >= 0.3 is 0 Å². The molecule has 8 heteroatoms. The molecular weight excluding hydrogens is 409 g/mol. The van der Waals surface area contributed by atoms with Gasteiger partial charge in [-0.3, -0.25) is 4.79 Å². The van der Waals surface area contributed by atoms with E-state index < -0.39 is 0 Å². The molecule has 2 aliphatic rings. The zero-order valence-electron chi connectivity index (χ0n) is 18.5. The summed E-state index contributed by atoms with van der Waals surface area (Å²) in [4.78, 5) is 26.3. The lowest BCUT2D eigenvalue weighted by atomic mass is 9.89. The first kappa shape index (κ1) is 20.8. The third kappa shape index (κ3) is 3.94. The fourth-order valence-corrected chi connectivity index (χ4v) is 5.29. The SMILES string of the molecule is CC1CC(C)CN(C(=O)C2CCCN(c3ncnc4onc(-c5ccc(F)cc5)c34)C2)C1. The van der Waals surface area contributed by atoms with E-state index in [0.29, 0.717) is 41.0 Å². The molecule has 3 atom stereocenters. The average molecular weight is 438 g/mol. The Bertz CT molecular complexity index is 1110. The van der Waals surface area contributed by atoms with Gasteiger partial charge in [0.1, 0.15) is 29.0 Å². The lowest BCUT2D eigenvalue weighted by Crippen LogP contribution is -2.49. The molecule has 1 aromatic carbocycles. The molecular formula is C24H28FN5O2. The minimum absolute atomic E-state index is 0.0552. The van der Waals surface area contributed by atoms with Gasteiger partial charge in [0.2, 0.25) is 5.91 Å². The molecule has 0 N–H and O–H groups in total. The average Bonchev–Trinajstić information content (AvgIpc) is 3.23. The van der Waals surface area contributed by atoms with Crippen LogP contribution in [0.2, 0.25) is 0 Å². The van der Waals surface area contributed by atoms with Gasteiger partial charge in [-0.15, -0.1) is 0 Å². The van der Waals surface area contributed by atoms with Gasteiger partial charge in [0, 0.05) is 31.7 Å². The molecule has 2 saturated heterocycles. The van der Waals surface area contributed by atoms with Crippen LogP contribution in [0.15, 0.2) is 35.1 Å². The van der Waals surface area contributed by atoms with Gasteiger partial charge in [0.25, 0.3) is 5.71 Å². The number of nitrogens with zero attached hydrogens (tertiary/aromatic N) is 5. The van der Waals surface area contributed by atoms with Crippen molar-refractivity contribution in [1.82, 2.24) is 20.0 Å². The third-order valence-corrected chi connectivity index (χ3v) is 6.62. The summed E-state index contributed by atoms with van der Waals surface area (Å²) in [5, 5.41) is 4.89. The maximum Gasteiger partial charge on any atom is 0.263 e. The van der Waals surface area contributed by atoms with Crippen molar-refractivity contribution in [3.63, 3.8) is 0 Å². The van der Waals surface area contributed by atoms with Crippen LogP contribution < -0.4 is 4.90 Å². The summed E-state index contributed by atoms with van der Waals surface area (Å²) in [6.45, 7) is 7.55. The maximum atomic E-state index is 13.4. The highest BCUT2D eigenvalue weighted by atomic mass is 19.1. The molecule has 32 heavy (non-hydrogen) atoms. The van der Waals surface area contributed by atoms with Gasteiger partial charge in [-0.05, 0) is 55.4 Å². The van der Waals surface area contributed by atoms with Gasteiger partial charge in [-0.25, -0.2) is 9.37 Å². The van der Waals surface area contributed by atoms with Gasteiger partial charge in [0.15, 0.2) is 0 Å². The molecule has 3 aromatic rings. The Morgan fingerprint density at radius 3 is 2.59 bits per heavy atom. The summed E-state index contributed by atoms with van der Waals surface area (Å²) in [7, 11) is 0. The van der Waals surface area contributed by atoms with Gasteiger partial charge in [-0.2, -0.15) is 4.98 Å². The summed E-state index contributed by atoms with van der Waals surface area (Å²) in [5.74, 6) is 1.69. The maximum absolute atomic E-state index is 13.4. The number of benzene rings is 1. The van der Waals surface area contributed by atoms with Crippen LogP contribution in [0.1, 0.15) is 33.1 Å². The van der Waals surface area contributed by atoms with Crippen LogP contribution in [0, 0.1) is 23.6 Å². The molecule has 0 spiro atoms. The summed E-state index contributed by atoms with van der Waals surface area (Å²) in [6.07, 6.45) is 4.45. The number of anilines is 1. The van der Waals surface area contributed by atoms with Crippen molar-refractivity contribution < 1.29 is 13.7 Å². The van der Waals surface area contributed by atoms with Gasteiger partial charge < -0.3 is 14.3 Å². The molecule has 1 amide bonds. The monoisotopic (exact) mass is 437 g/mol. The van der Waals surface area contributed by atoms with Crippen molar-refractivity contribution in [2.75, 3.05) is 31.1 Å². The highest BCUT2D eigenvalue weighted by molar-refractivity contribution is 5.98. The van der Waals surface area contributed by atoms with Crippen molar-refractivity contribution >= 4 is 22.8 Å². The van der Waals surface area contributed by atoms with Crippen LogP contribution >= 0.6 is 0 Å². The van der Waals surface area contributed by atoms with Crippen LogP contribution in [0.3, 0.4) is 0 Å². The molecule has 2 fully saturated rings. The molecule has 0 bridgehead atoms. The number of carbonyl (C=O) groups excluding carboxylic acids is 1. The Morgan fingerprint density at radius 1 is 1.09 bits per heavy atom. The Hall–Kier alpha value is -3.03. The number of rotatable bonds is 3. The van der Waals surface area contributed by atoms with Crippen LogP contribution in [0.4, 0.5) is 10.2 Å². The van der Waals surface area contributed by atoms with Crippen molar-refractivity contribution in [1.29, 1.82) is 0 Å². The Kier molecular flexibility index (Phi) is 5.53. The van der Waals surface area contributed by atoms with Crippen LogP contribution in [0.5, 0.6) is 0 Å². The van der Waals surface area contributed by atoms with E-state index in [9.17, 15) is 9.18 Å². The van der Waals surface area contributed by atoms with E-state index in [1.54, 1.807) is 12.1 Å². The van der Waals surface area contributed by atoms with E-state index in [1.807, 2.05) is 0 Å². The lowest BCUT2D eigenvalue weighted by molar-refractivity contribution is -0.138. The zero-order valence-corrected chi connectivity index (χ0v) is 18.5. The predicted octanol–water partition coefficient (Wildman–Crippen LogP) is 4.14. The summed E-state index contributed by atoms with van der Waals surface area (Å²) in [5.41, 5.74) is 1.71. The van der Waals surface area contributed by atoms with E-state index in [0.717, 1.165) is 38.0 Å². The summed E-state index contributed by atoms with van der Waals surface area (Å²) in [6, 6.07) is 6.14. The van der Waals surface area contributed by atoms with Crippen LogP contribution in [-0.2, 0) is 4.79 Å². The van der Waals surface area contributed by atoms with Crippen molar-refractivity contribution in [3.8, 4) is 11.3 Å². The number of halogens is 1. The highest BCUT2D eigenvalue weighted by Gasteiger charge is 2.34. The quantitative estimate of drug-likeness (QED) is 0.613. The first-order valence-electron chi connectivity index (χ1n) is 11.4. The van der Waals surface area contributed by atoms with Crippen molar-refractivity contribution in [2.24, 2.45) is 17.8 Å². The summed E-state index contributed by atoms with van der Waals surface area (Å²) >= 11 is 0. The third-order valence-electron chi connectivity index (χ3n) is 6.62. The number of carbonyl (C=O) groups is 1. The van der Waals surface area contributed by atoms with Crippen molar-refractivity contribution in [2.45, 2.75) is 33.1 Å². The Morgan fingerprint density at radius 2 is 1.84 bits per heavy atom. The Balaban J connectivity index is 1.43. The molecule has 7 nitrogen and oxygen atoms in total.